The topological polar surface area (TPSA) is 36.9 Å². The molecule has 0 saturated heterocycles. The number of ether oxygens (including phenoxy) is 4. The minimum atomic E-state index is 0.819. The van der Waals surface area contributed by atoms with Crippen molar-refractivity contribution in [3.63, 3.8) is 0 Å². The molecule has 0 bridgehead atoms. The molecule has 25 heavy (non-hydrogen) atoms. The van der Waals surface area contributed by atoms with Crippen LogP contribution in [0.2, 0.25) is 0 Å². The molecule has 0 atom stereocenters. The fraction of sp³-hybridized carbons (Fsp3) is 1.00. The van der Waals surface area contributed by atoms with Crippen LogP contribution < -0.4 is 0 Å². The summed E-state index contributed by atoms with van der Waals surface area (Å²) in [5, 5.41) is 0. The summed E-state index contributed by atoms with van der Waals surface area (Å²) in [6, 6.07) is 0. The summed E-state index contributed by atoms with van der Waals surface area (Å²) in [5.74, 6) is 1.08. The van der Waals surface area contributed by atoms with Crippen LogP contribution in [-0.4, -0.2) is 55.4 Å². The fourth-order valence-corrected chi connectivity index (χ4v) is 0.659. The molecule has 1 aliphatic carbocycles. The molecule has 0 heterocycles. The van der Waals surface area contributed by atoms with E-state index in [2.05, 4.69) is 44.1 Å². The molecular formula is C21H52O4. The summed E-state index contributed by atoms with van der Waals surface area (Å²) in [5.41, 5.74) is 0. The molecule has 1 saturated carbocycles. The first-order valence-electron chi connectivity index (χ1n) is 9.84. The lowest BCUT2D eigenvalue weighted by molar-refractivity contribution is 0.194. The van der Waals surface area contributed by atoms with Crippen molar-refractivity contribution in [2.45, 2.75) is 80.1 Å². The summed E-state index contributed by atoms with van der Waals surface area (Å²) in [6.45, 7) is 15.3. The largest absolute Gasteiger partial charge is 0.388 e. The Morgan fingerprint density at radius 2 is 1.00 bits per heavy atom. The molecule has 0 unspecified atom stereocenters. The highest BCUT2D eigenvalue weighted by molar-refractivity contribution is 4.65. The number of unbranched alkanes of at least 4 members (excludes halogenated alkanes) is 1. The predicted octanol–water partition coefficient (Wildman–Crippen LogP) is 6.22. The maximum absolute atomic E-state index is 4.78. The van der Waals surface area contributed by atoms with Gasteiger partial charge in [-0.25, -0.2) is 0 Å². The molecule has 1 fully saturated rings. The fourth-order valence-electron chi connectivity index (χ4n) is 0.659. The molecule has 0 amide bonds. The third-order valence-electron chi connectivity index (χ3n) is 2.26. The second-order valence-electron chi connectivity index (χ2n) is 5.71. The standard InChI is InChI=1S/C5H12O.C4H10O.C4H8.C3H8O.C3H8.C2H6O/c1-3-4-5-6-2;1-3-4-5-2;1-4-2-3-4;1-3-4-2;2*1-3-2/h3-5H2,1-2H3;3-4H2,1-2H3;4H,2-3H2,1H3;3H2,1-2H3;3H2,1-2H3;1-2H3. The van der Waals surface area contributed by atoms with E-state index in [9.17, 15) is 0 Å². The van der Waals surface area contributed by atoms with E-state index in [1.165, 1.54) is 32.1 Å². The summed E-state index contributed by atoms with van der Waals surface area (Å²) in [7, 11) is 8.37. The van der Waals surface area contributed by atoms with Gasteiger partial charge in [-0.15, -0.1) is 0 Å². The first-order valence-corrected chi connectivity index (χ1v) is 9.84. The van der Waals surface area contributed by atoms with Crippen LogP contribution >= 0.6 is 0 Å². The van der Waals surface area contributed by atoms with Crippen LogP contribution in [0.4, 0.5) is 0 Å². The quantitative estimate of drug-likeness (QED) is 0.521. The monoisotopic (exact) mass is 368 g/mol. The van der Waals surface area contributed by atoms with Gasteiger partial charge in [0, 0.05) is 55.4 Å². The highest BCUT2D eigenvalue weighted by Crippen LogP contribution is 2.26. The lowest BCUT2D eigenvalue weighted by Gasteiger charge is -1.89. The van der Waals surface area contributed by atoms with Gasteiger partial charge in [0.1, 0.15) is 0 Å². The molecule has 0 spiro atoms. The van der Waals surface area contributed by atoms with Crippen LogP contribution in [0.15, 0.2) is 0 Å². The number of methoxy groups -OCH3 is 4. The Morgan fingerprint density at radius 3 is 1.04 bits per heavy atom. The summed E-state index contributed by atoms with van der Waals surface area (Å²) < 4.78 is 18.3. The second-order valence-corrected chi connectivity index (χ2v) is 5.71. The van der Waals surface area contributed by atoms with Crippen molar-refractivity contribution in [3.8, 4) is 0 Å². The molecule has 0 radical (unpaired) electrons. The van der Waals surface area contributed by atoms with E-state index < -0.39 is 0 Å². The Balaban J connectivity index is -0.0000000652. The molecule has 0 N–H and O–H groups in total. The molecule has 160 valence electrons. The van der Waals surface area contributed by atoms with E-state index in [1.807, 2.05) is 6.92 Å². The van der Waals surface area contributed by atoms with Crippen molar-refractivity contribution in [1.29, 1.82) is 0 Å². The molecular weight excluding hydrogens is 316 g/mol. The van der Waals surface area contributed by atoms with Crippen molar-refractivity contribution in [3.05, 3.63) is 0 Å². The van der Waals surface area contributed by atoms with Crippen LogP contribution in [0.5, 0.6) is 0 Å². The van der Waals surface area contributed by atoms with Gasteiger partial charge in [-0.2, -0.15) is 0 Å². The van der Waals surface area contributed by atoms with Gasteiger partial charge in [0.05, 0.1) is 0 Å². The third kappa shape index (κ3) is 146. The molecule has 1 aliphatic rings. The Hall–Kier alpha value is -0.160. The number of hydrogen-bond acceptors (Lipinski definition) is 4. The molecule has 4 nitrogen and oxygen atoms in total. The minimum Gasteiger partial charge on any atom is -0.388 e. The van der Waals surface area contributed by atoms with Gasteiger partial charge in [0.2, 0.25) is 0 Å². The lowest BCUT2D eigenvalue weighted by Crippen LogP contribution is -1.84. The summed E-state index contributed by atoms with van der Waals surface area (Å²) >= 11 is 0. The Bertz CT molecular complexity index is 130. The smallest absolute Gasteiger partial charge is 0.0462 e. The molecule has 0 aromatic heterocycles. The average molecular weight is 369 g/mol. The molecule has 0 aromatic rings. The van der Waals surface area contributed by atoms with Crippen molar-refractivity contribution < 1.29 is 18.9 Å². The van der Waals surface area contributed by atoms with Crippen molar-refractivity contribution in [1.82, 2.24) is 0 Å². The van der Waals surface area contributed by atoms with Gasteiger partial charge in [-0.05, 0) is 25.7 Å². The second kappa shape index (κ2) is 49.6. The van der Waals surface area contributed by atoms with Gasteiger partial charge in [0.25, 0.3) is 0 Å². The Labute approximate surface area is 161 Å². The van der Waals surface area contributed by atoms with Crippen LogP contribution in [0.25, 0.3) is 0 Å². The van der Waals surface area contributed by atoms with Gasteiger partial charge in [-0.3, -0.25) is 0 Å². The van der Waals surface area contributed by atoms with Crippen LogP contribution in [0, 0.1) is 5.92 Å². The maximum atomic E-state index is 4.78. The van der Waals surface area contributed by atoms with E-state index in [0.29, 0.717) is 0 Å². The Morgan fingerprint density at radius 1 is 0.680 bits per heavy atom. The van der Waals surface area contributed by atoms with Gasteiger partial charge >= 0.3 is 0 Å². The highest BCUT2D eigenvalue weighted by atomic mass is 16.5. The van der Waals surface area contributed by atoms with Gasteiger partial charge in [-0.1, -0.05) is 60.3 Å². The first-order chi connectivity index (χ1) is 12.0. The minimum absolute atomic E-state index is 0.819. The van der Waals surface area contributed by atoms with E-state index >= 15 is 0 Å². The normalized spacial score (nSPS) is 10.7. The number of hydrogen-bond donors (Lipinski definition) is 0. The lowest BCUT2D eigenvalue weighted by atomic mass is 10.4. The Kier molecular flexibility index (Phi) is 71.1. The van der Waals surface area contributed by atoms with Gasteiger partial charge in [0.15, 0.2) is 0 Å². The molecule has 0 aliphatic heterocycles. The predicted molar refractivity (Wildman–Crippen MR) is 114 cm³/mol. The van der Waals surface area contributed by atoms with Crippen molar-refractivity contribution in [2.75, 3.05) is 55.4 Å². The van der Waals surface area contributed by atoms with Crippen molar-refractivity contribution >= 4 is 0 Å². The zero-order chi connectivity index (χ0) is 20.8. The SMILES string of the molecule is CC1CC1.CCC.CCCCOC.CCCOC.CCOC.COC. The third-order valence-corrected chi connectivity index (χ3v) is 2.26. The summed E-state index contributed by atoms with van der Waals surface area (Å²) in [6.07, 6.45) is 7.76. The van der Waals surface area contributed by atoms with Crippen LogP contribution in [0.1, 0.15) is 80.1 Å². The van der Waals surface area contributed by atoms with Gasteiger partial charge < -0.3 is 18.9 Å². The van der Waals surface area contributed by atoms with Crippen LogP contribution in [-0.2, 0) is 18.9 Å². The zero-order valence-electron chi connectivity index (χ0n) is 19.6. The summed E-state index contributed by atoms with van der Waals surface area (Å²) in [4.78, 5) is 0. The van der Waals surface area contributed by atoms with Crippen LogP contribution in [0.3, 0.4) is 0 Å². The first kappa shape index (κ1) is 35.9. The average Bonchev–Trinajstić information content (AvgIpc) is 3.39. The molecule has 0 aromatic carbocycles. The maximum Gasteiger partial charge on any atom is 0.0462 e. The zero-order valence-corrected chi connectivity index (χ0v) is 19.6. The molecule has 1 rings (SSSR count). The van der Waals surface area contributed by atoms with E-state index in [-0.39, 0.29) is 0 Å². The number of rotatable bonds is 6. The van der Waals surface area contributed by atoms with E-state index in [0.717, 1.165) is 32.2 Å². The van der Waals surface area contributed by atoms with E-state index in [1.54, 1.807) is 35.5 Å². The molecule has 4 heteroatoms. The van der Waals surface area contributed by atoms with Crippen molar-refractivity contribution in [2.24, 2.45) is 5.92 Å². The van der Waals surface area contributed by atoms with E-state index in [4.69, 9.17) is 9.47 Å². The highest BCUT2D eigenvalue weighted by Gasteiger charge is 2.12.